The van der Waals surface area contributed by atoms with E-state index < -0.39 is 0 Å². The van der Waals surface area contributed by atoms with E-state index >= 15 is 0 Å². The van der Waals surface area contributed by atoms with Crippen molar-refractivity contribution in [2.45, 2.75) is 12.8 Å². The first-order valence-corrected chi connectivity index (χ1v) is 8.00. The Bertz CT molecular complexity index is 547. The summed E-state index contributed by atoms with van der Waals surface area (Å²) in [6.07, 6.45) is 5.61. The molecule has 0 N–H and O–H groups in total. The van der Waals surface area contributed by atoms with Gasteiger partial charge in [-0.3, -0.25) is 0 Å². The molecule has 0 saturated carbocycles. The Morgan fingerprint density at radius 2 is 1.91 bits per heavy atom. The van der Waals surface area contributed by atoms with Gasteiger partial charge in [0.1, 0.15) is 5.82 Å². The topological polar surface area (TPSA) is 38.2 Å². The zero-order valence-electron chi connectivity index (χ0n) is 12.9. The average molecular weight is 297 g/mol. The minimum absolute atomic E-state index is 0.473. The Labute approximate surface area is 132 Å². The minimum Gasteiger partial charge on any atom is -0.380 e. The first kappa shape index (κ1) is 15.1. The van der Waals surface area contributed by atoms with E-state index in [2.05, 4.69) is 45.2 Å². The molecule has 22 heavy (non-hydrogen) atoms. The number of nitrogens with zero attached hydrogens (tertiary/aromatic N) is 3. The molecule has 1 aromatic heterocycles. The maximum atomic E-state index is 5.76. The first-order valence-electron chi connectivity index (χ1n) is 8.00. The minimum atomic E-state index is 0.473. The number of ether oxygens (including phenoxy) is 1. The van der Waals surface area contributed by atoms with Gasteiger partial charge in [0.2, 0.25) is 0 Å². The number of benzene rings is 1. The lowest BCUT2D eigenvalue weighted by Crippen LogP contribution is -2.32. The largest absolute Gasteiger partial charge is 0.380 e. The van der Waals surface area contributed by atoms with Gasteiger partial charge in [-0.05, 0) is 18.1 Å². The molecule has 2 aromatic rings. The van der Waals surface area contributed by atoms with Gasteiger partial charge < -0.3 is 9.64 Å². The first-order chi connectivity index (χ1) is 10.9. The van der Waals surface area contributed by atoms with Crippen LogP contribution >= 0.6 is 0 Å². The van der Waals surface area contributed by atoms with Crippen LogP contribution in [0.1, 0.15) is 11.4 Å². The Kier molecular flexibility index (Phi) is 5.51. The van der Waals surface area contributed by atoms with Gasteiger partial charge >= 0.3 is 0 Å². The number of aromatic nitrogens is 2. The lowest BCUT2D eigenvalue weighted by atomic mass is 10.1. The third-order valence-corrected chi connectivity index (χ3v) is 4.07. The quantitative estimate of drug-likeness (QED) is 0.848. The van der Waals surface area contributed by atoms with Crippen LogP contribution in [-0.2, 0) is 17.6 Å². The zero-order chi connectivity index (χ0) is 15.0. The lowest BCUT2D eigenvalue weighted by Gasteiger charge is -2.23. The molecule has 116 valence electrons. The van der Waals surface area contributed by atoms with Gasteiger partial charge in [0.05, 0.1) is 13.2 Å². The summed E-state index contributed by atoms with van der Waals surface area (Å²) in [6.45, 7) is 4.78. The van der Waals surface area contributed by atoms with E-state index in [-0.39, 0.29) is 0 Å². The molecule has 0 amide bonds. The fourth-order valence-electron chi connectivity index (χ4n) is 2.90. The van der Waals surface area contributed by atoms with Crippen molar-refractivity contribution >= 4 is 0 Å². The summed E-state index contributed by atoms with van der Waals surface area (Å²) in [6, 6.07) is 12.5. The number of rotatable bonds is 5. The van der Waals surface area contributed by atoms with Crippen LogP contribution in [0, 0.1) is 5.92 Å². The van der Waals surface area contributed by atoms with Crippen molar-refractivity contribution in [1.29, 1.82) is 0 Å². The molecule has 0 radical (unpaired) electrons. The van der Waals surface area contributed by atoms with Crippen LogP contribution in [-0.4, -0.2) is 47.7 Å². The van der Waals surface area contributed by atoms with Crippen molar-refractivity contribution in [2.75, 3.05) is 32.8 Å². The van der Waals surface area contributed by atoms with Crippen molar-refractivity contribution < 1.29 is 4.74 Å². The molecule has 1 atom stereocenters. The highest BCUT2D eigenvalue weighted by Gasteiger charge is 2.19. The predicted molar refractivity (Wildman–Crippen MR) is 86.6 cm³/mol. The van der Waals surface area contributed by atoms with E-state index in [4.69, 9.17) is 4.74 Å². The van der Waals surface area contributed by atoms with Gasteiger partial charge in [-0.25, -0.2) is 9.97 Å². The fourth-order valence-corrected chi connectivity index (χ4v) is 2.90. The van der Waals surface area contributed by atoms with Gasteiger partial charge in [0.25, 0.3) is 0 Å². The molecule has 0 unspecified atom stereocenters. The van der Waals surface area contributed by atoms with Crippen molar-refractivity contribution in [3.63, 3.8) is 0 Å². The Morgan fingerprint density at radius 3 is 2.73 bits per heavy atom. The molecule has 3 rings (SSSR count). The number of hydrogen-bond donors (Lipinski definition) is 0. The van der Waals surface area contributed by atoms with E-state index in [1.54, 1.807) is 0 Å². The molecule has 1 aromatic carbocycles. The summed E-state index contributed by atoms with van der Waals surface area (Å²) in [5.41, 5.74) is 1.40. The van der Waals surface area contributed by atoms with Crippen LogP contribution in [0.15, 0.2) is 48.8 Å². The van der Waals surface area contributed by atoms with Crippen LogP contribution < -0.4 is 0 Å². The molecule has 2 heterocycles. The second-order valence-electron chi connectivity index (χ2n) is 5.85. The lowest BCUT2D eigenvalue weighted by molar-refractivity contribution is 0.121. The Hall–Kier alpha value is -1.78. The molecule has 1 fully saturated rings. The summed E-state index contributed by atoms with van der Waals surface area (Å²) in [7, 11) is 0. The van der Waals surface area contributed by atoms with Crippen molar-refractivity contribution in [1.82, 2.24) is 14.9 Å². The van der Waals surface area contributed by atoms with E-state index in [0.29, 0.717) is 5.92 Å². The van der Waals surface area contributed by atoms with Gasteiger partial charge in [-0.2, -0.15) is 0 Å². The van der Waals surface area contributed by atoms with E-state index in [1.165, 1.54) is 5.56 Å². The number of hydrogen-bond acceptors (Lipinski definition) is 4. The molecule has 0 aliphatic carbocycles. The molecule has 4 heteroatoms. The highest BCUT2D eigenvalue weighted by molar-refractivity contribution is 5.14. The van der Waals surface area contributed by atoms with E-state index in [1.807, 2.05) is 18.5 Å². The molecule has 4 nitrogen and oxygen atoms in total. The van der Waals surface area contributed by atoms with Gasteiger partial charge in [0.15, 0.2) is 0 Å². The molecule has 1 aliphatic rings. The second kappa shape index (κ2) is 8.01. The summed E-state index contributed by atoms with van der Waals surface area (Å²) in [5.74, 6) is 1.39. The smallest absolute Gasteiger partial charge is 0.128 e. The van der Waals surface area contributed by atoms with Crippen LogP contribution in [0.2, 0.25) is 0 Å². The SMILES string of the molecule is c1ccc(CCN2CCOC[C@@H](Cc3ncccn3)C2)cc1. The second-order valence-corrected chi connectivity index (χ2v) is 5.85. The highest BCUT2D eigenvalue weighted by Crippen LogP contribution is 2.12. The average Bonchev–Trinajstić information content (AvgIpc) is 2.80. The molecule has 1 aliphatic heterocycles. The predicted octanol–water partition coefficient (Wildman–Crippen LogP) is 2.21. The third-order valence-electron chi connectivity index (χ3n) is 4.07. The Balaban J connectivity index is 1.53. The normalized spacial score (nSPS) is 19.7. The molecular weight excluding hydrogens is 274 g/mol. The molecular formula is C18H23N3O. The highest BCUT2D eigenvalue weighted by atomic mass is 16.5. The van der Waals surface area contributed by atoms with Crippen LogP contribution in [0.25, 0.3) is 0 Å². The summed E-state index contributed by atoms with van der Waals surface area (Å²) >= 11 is 0. The summed E-state index contributed by atoms with van der Waals surface area (Å²) in [5, 5.41) is 0. The maximum absolute atomic E-state index is 5.76. The van der Waals surface area contributed by atoms with Crippen LogP contribution in [0.5, 0.6) is 0 Å². The standard InChI is InChI=1S/C18H23N3O/c1-2-5-16(6-3-1)7-10-21-11-12-22-15-17(14-21)13-18-19-8-4-9-20-18/h1-6,8-9,17H,7,10-15H2/t17-/m0/s1. The molecule has 0 spiro atoms. The van der Waals surface area contributed by atoms with E-state index in [0.717, 1.165) is 51.5 Å². The van der Waals surface area contributed by atoms with Gasteiger partial charge in [0, 0.05) is 44.4 Å². The van der Waals surface area contributed by atoms with Crippen molar-refractivity contribution in [2.24, 2.45) is 5.92 Å². The molecule has 0 bridgehead atoms. The Morgan fingerprint density at radius 1 is 1.09 bits per heavy atom. The van der Waals surface area contributed by atoms with E-state index in [9.17, 15) is 0 Å². The third kappa shape index (κ3) is 4.61. The van der Waals surface area contributed by atoms with Crippen LogP contribution in [0.3, 0.4) is 0 Å². The van der Waals surface area contributed by atoms with Gasteiger partial charge in [-0.15, -0.1) is 0 Å². The maximum Gasteiger partial charge on any atom is 0.128 e. The van der Waals surface area contributed by atoms with Crippen LogP contribution in [0.4, 0.5) is 0 Å². The summed E-state index contributed by atoms with van der Waals surface area (Å²) in [4.78, 5) is 11.2. The zero-order valence-corrected chi connectivity index (χ0v) is 12.9. The van der Waals surface area contributed by atoms with Crippen molar-refractivity contribution in [3.05, 3.63) is 60.2 Å². The van der Waals surface area contributed by atoms with Crippen molar-refractivity contribution in [3.8, 4) is 0 Å². The fraction of sp³-hybridized carbons (Fsp3) is 0.444. The molecule has 1 saturated heterocycles. The monoisotopic (exact) mass is 297 g/mol. The van der Waals surface area contributed by atoms with Gasteiger partial charge in [-0.1, -0.05) is 30.3 Å². The summed E-state index contributed by atoms with van der Waals surface area (Å²) < 4.78 is 5.76.